The average molecular weight is 346 g/mol. The number of rotatable bonds is 5. The fourth-order valence-electron chi connectivity index (χ4n) is 2.45. The van der Waals surface area contributed by atoms with Crippen molar-refractivity contribution in [3.05, 3.63) is 59.2 Å². The van der Waals surface area contributed by atoms with E-state index in [1.54, 1.807) is 18.2 Å². The second kappa shape index (κ2) is 6.62. The van der Waals surface area contributed by atoms with Crippen LogP contribution in [0.5, 0.6) is 5.75 Å². The first-order chi connectivity index (χ1) is 11.4. The Morgan fingerprint density at radius 3 is 2.79 bits per heavy atom. The number of sulfonamides is 1. The maximum Gasteiger partial charge on any atom is 0.262 e. The summed E-state index contributed by atoms with van der Waals surface area (Å²) in [5.74, 6) is 0.288. The van der Waals surface area contributed by atoms with Crippen LogP contribution >= 0.6 is 0 Å². The molecule has 126 valence electrons. The second-order valence-corrected chi connectivity index (χ2v) is 7.48. The summed E-state index contributed by atoms with van der Waals surface area (Å²) >= 11 is 0. The molecule has 1 heterocycles. The van der Waals surface area contributed by atoms with Gasteiger partial charge in [-0.3, -0.25) is 4.79 Å². The monoisotopic (exact) mass is 346 g/mol. The van der Waals surface area contributed by atoms with E-state index in [4.69, 9.17) is 4.74 Å². The van der Waals surface area contributed by atoms with Gasteiger partial charge in [-0.1, -0.05) is 30.3 Å². The summed E-state index contributed by atoms with van der Waals surface area (Å²) in [5, 5.41) is 2.70. The molecule has 0 aromatic heterocycles. The molecule has 0 unspecified atom stereocenters. The predicted molar refractivity (Wildman–Crippen MR) is 91.2 cm³/mol. The van der Waals surface area contributed by atoms with Crippen LogP contribution in [0.1, 0.15) is 16.7 Å². The molecule has 24 heavy (non-hydrogen) atoms. The van der Waals surface area contributed by atoms with Crippen LogP contribution in [0, 0.1) is 6.92 Å². The zero-order chi connectivity index (χ0) is 17.2. The summed E-state index contributed by atoms with van der Waals surface area (Å²) in [6.45, 7) is 2.02. The van der Waals surface area contributed by atoms with Gasteiger partial charge in [0.25, 0.3) is 5.91 Å². The van der Waals surface area contributed by atoms with E-state index in [-0.39, 0.29) is 24.8 Å². The van der Waals surface area contributed by atoms with Crippen LogP contribution in [0.3, 0.4) is 0 Å². The smallest absolute Gasteiger partial charge is 0.262 e. The minimum absolute atomic E-state index is 0.0323. The van der Waals surface area contributed by atoms with E-state index in [0.717, 1.165) is 16.7 Å². The molecule has 0 bridgehead atoms. The van der Waals surface area contributed by atoms with Crippen molar-refractivity contribution in [3.63, 3.8) is 0 Å². The fourth-order valence-corrected chi connectivity index (χ4v) is 3.67. The predicted octanol–water partition coefficient (Wildman–Crippen LogP) is 1.95. The van der Waals surface area contributed by atoms with Crippen LogP contribution in [-0.2, 0) is 27.1 Å². The van der Waals surface area contributed by atoms with Crippen molar-refractivity contribution in [2.24, 2.45) is 0 Å². The summed E-state index contributed by atoms with van der Waals surface area (Å²) in [5.41, 5.74) is 3.08. The van der Waals surface area contributed by atoms with Crippen LogP contribution < -0.4 is 14.8 Å². The van der Waals surface area contributed by atoms with Crippen molar-refractivity contribution in [2.45, 2.75) is 19.2 Å². The first kappa shape index (κ1) is 16.5. The van der Waals surface area contributed by atoms with E-state index in [1.807, 2.05) is 31.2 Å². The van der Waals surface area contributed by atoms with Crippen LogP contribution in [0.15, 0.2) is 42.5 Å². The molecule has 6 nitrogen and oxygen atoms in total. The summed E-state index contributed by atoms with van der Waals surface area (Å²) in [7, 11) is -3.45. The Kier molecular flexibility index (Phi) is 4.55. The molecule has 0 aliphatic carbocycles. The third-order valence-corrected chi connectivity index (χ3v) is 5.06. The van der Waals surface area contributed by atoms with E-state index in [9.17, 15) is 13.2 Å². The lowest BCUT2D eigenvalue weighted by molar-refractivity contribution is -0.118. The molecular weight excluding hydrogens is 328 g/mol. The number of carbonyl (C=O) groups is 1. The molecule has 1 aliphatic heterocycles. The van der Waals surface area contributed by atoms with Gasteiger partial charge < -0.3 is 10.1 Å². The van der Waals surface area contributed by atoms with E-state index < -0.39 is 10.0 Å². The number of benzene rings is 2. The highest BCUT2D eigenvalue weighted by molar-refractivity contribution is 7.88. The van der Waals surface area contributed by atoms with Crippen LogP contribution in [0.2, 0.25) is 0 Å². The Morgan fingerprint density at radius 1 is 1.21 bits per heavy atom. The Balaban J connectivity index is 1.67. The van der Waals surface area contributed by atoms with Gasteiger partial charge >= 0.3 is 0 Å². The van der Waals surface area contributed by atoms with Crippen molar-refractivity contribution in [1.29, 1.82) is 0 Å². The number of hydrogen-bond acceptors (Lipinski definition) is 4. The Morgan fingerprint density at radius 2 is 2.00 bits per heavy atom. The fraction of sp³-hybridized carbons (Fsp3) is 0.235. The third kappa shape index (κ3) is 3.93. The second-order valence-electron chi connectivity index (χ2n) is 5.67. The van der Waals surface area contributed by atoms with Gasteiger partial charge in [0, 0.05) is 6.54 Å². The summed E-state index contributed by atoms with van der Waals surface area (Å²) < 4.78 is 32.4. The van der Waals surface area contributed by atoms with Gasteiger partial charge in [0.2, 0.25) is 10.0 Å². The lowest BCUT2D eigenvalue weighted by Gasteiger charge is -2.18. The molecule has 0 radical (unpaired) electrons. The normalized spacial score (nSPS) is 13.8. The molecule has 1 amide bonds. The number of nitrogens with one attached hydrogen (secondary N) is 2. The van der Waals surface area contributed by atoms with Crippen molar-refractivity contribution in [2.75, 3.05) is 11.9 Å². The van der Waals surface area contributed by atoms with Crippen LogP contribution in [0.25, 0.3) is 0 Å². The van der Waals surface area contributed by atoms with Crippen molar-refractivity contribution < 1.29 is 17.9 Å². The highest BCUT2D eigenvalue weighted by Crippen LogP contribution is 2.28. The standard InChI is InChI=1S/C17H18N2O4S/c1-12-4-2-3-5-14(12)11-24(21,22)18-9-13-6-7-15-16(8-13)23-10-17(20)19-15/h2-8,18H,9-11H2,1H3,(H,19,20). The summed E-state index contributed by atoms with van der Waals surface area (Å²) in [4.78, 5) is 11.2. The minimum atomic E-state index is -3.45. The molecule has 2 aromatic rings. The number of ether oxygens (including phenoxy) is 1. The van der Waals surface area contributed by atoms with Crippen molar-refractivity contribution >= 4 is 21.6 Å². The molecule has 2 N–H and O–H groups in total. The van der Waals surface area contributed by atoms with Gasteiger partial charge in [-0.05, 0) is 35.7 Å². The number of hydrogen-bond donors (Lipinski definition) is 2. The van der Waals surface area contributed by atoms with Gasteiger partial charge in [0.1, 0.15) is 5.75 Å². The third-order valence-electron chi connectivity index (χ3n) is 3.78. The molecule has 0 saturated heterocycles. The largest absolute Gasteiger partial charge is 0.482 e. The molecule has 0 spiro atoms. The van der Waals surface area contributed by atoms with E-state index >= 15 is 0 Å². The Labute approximate surface area is 140 Å². The molecule has 0 atom stereocenters. The first-order valence-electron chi connectivity index (χ1n) is 7.50. The molecule has 0 fully saturated rings. The van der Waals surface area contributed by atoms with Gasteiger partial charge in [-0.15, -0.1) is 0 Å². The van der Waals surface area contributed by atoms with E-state index in [1.165, 1.54) is 0 Å². The highest BCUT2D eigenvalue weighted by atomic mass is 32.2. The molecule has 3 rings (SSSR count). The average Bonchev–Trinajstić information content (AvgIpc) is 2.55. The van der Waals surface area contributed by atoms with Crippen molar-refractivity contribution in [1.82, 2.24) is 4.72 Å². The molecule has 2 aromatic carbocycles. The van der Waals surface area contributed by atoms with Crippen molar-refractivity contribution in [3.8, 4) is 5.75 Å². The SMILES string of the molecule is Cc1ccccc1CS(=O)(=O)NCc1ccc2c(c1)OCC(=O)N2. The molecular formula is C17H18N2O4S. The molecule has 1 aliphatic rings. The number of carbonyl (C=O) groups excluding carboxylic acids is 1. The van der Waals surface area contributed by atoms with Gasteiger partial charge in [-0.25, -0.2) is 13.1 Å². The zero-order valence-corrected chi connectivity index (χ0v) is 14.0. The summed E-state index contributed by atoms with van der Waals surface area (Å²) in [6, 6.07) is 12.6. The summed E-state index contributed by atoms with van der Waals surface area (Å²) in [6.07, 6.45) is 0. The number of aryl methyl sites for hydroxylation is 1. The van der Waals surface area contributed by atoms with Gasteiger partial charge in [0.15, 0.2) is 6.61 Å². The Bertz CT molecular complexity index is 878. The zero-order valence-electron chi connectivity index (χ0n) is 13.2. The Hall–Kier alpha value is -2.38. The van der Waals surface area contributed by atoms with Gasteiger partial charge in [0.05, 0.1) is 11.4 Å². The lowest BCUT2D eigenvalue weighted by atomic mass is 10.1. The van der Waals surface area contributed by atoms with Gasteiger partial charge in [-0.2, -0.15) is 0 Å². The first-order valence-corrected chi connectivity index (χ1v) is 9.15. The maximum atomic E-state index is 12.3. The quantitative estimate of drug-likeness (QED) is 0.867. The molecule has 0 saturated carbocycles. The number of fused-ring (bicyclic) bond motifs is 1. The van der Waals surface area contributed by atoms with E-state index in [0.29, 0.717) is 11.4 Å². The lowest BCUT2D eigenvalue weighted by Crippen LogP contribution is -2.26. The van der Waals surface area contributed by atoms with E-state index in [2.05, 4.69) is 10.0 Å². The number of anilines is 1. The maximum absolute atomic E-state index is 12.3. The molecule has 7 heteroatoms. The van der Waals surface area contributed by atoms with Crippen LogP contribution in [0.4, 0.5) is 5.69 Å². The highest BCUT2D eigenvalue weighted by Gasteiger charge is 2.17. The van der Waals surface area contributed by atoms with Crippen LogP contribution in [-0.4, -0.2) is 20.9 Å². The minimum Gasteiger partial charge on any atom is -0.482 e. The number of amides is 1. The topological polar surface area (TPSA) is 84.5 Å².